The van der Waals surface area contributed by atoms with Gasteiger partial charge >= 0.3 is 5.97 Å². The highest BCUT2D eigenvalue weighted by molar-refractivity contribution is 5.82. The van der Waals surface area contributed by atoms with Crippen LogP contribution in [0.15, 0.2) is 24.3 Å². The summed E-state index contributed by atoms with van der Waals surface area (Å²) in [6, 6.07) is 7.78. The molecule has 4 nitrogen and oxygen atoms in total. The molecule has 1 spiro atoms. The quantitative estimate of drug-likeness (QED) is 0.902. The van der Waals surface area contributed by atoms with Gasteiger partial charge in [0, 0.05) is 12.8 Å². The molecular formula is C16H20O4. The van der Waals surface area contributed by atoms with Gasteiger partial charge in [0.2, 0.25) is 0 Å². The van der Waals surface area contributed by atoms with Gasteiger partial charge in [0.1, 0.15) is 0 Å². The smallest absolute Gasteiger partial charge is 0.314 e. The molecule has 108 valence electrons. The minimum atomic E-state index is -0.800. The number of carbonyl (C=O) groups is 1. The van der Waals surface area contributed by atoms with Gasteiger partial charge in [-0.3, -0.25) is 4.79 Å². The third kappa shape index (κ3) is 2.03. The summed E-state index contributed by atoms with van der Waals surface area (Å²) in [7, 11) is 0. The Morgan fingerprint density at radius 2 is 1.70 bits per heavy atom. The van der Waals surface area contributed by atoms with Crippen molar-refractivity contribution in [3.05, 3.63) is 35.4 Å². The van der Waals surface area contributed by atoms with Gasteiger partial charge in [-0.05, 0) is 30.9 Å². The van der Waals surface area contributed by atoms with Crippen molar-refractivity contribution in [2.45, 2.75) is 43.8 Å². The summed E-state index contributed by atoms with van der Waals surface area (Å²) in [6.45, 7) is 3.21. The first-order valence-electron chi connectivity index (χ1n) is 7.15. The molecule has 2 aliphatic rings. The molecule has 1 N–H and O–H groups in total. The van der Waals surface area contributed by atoms with Crippen molar-refractivity contribution in [1.29, 1.82) is 0 Å². The fraction of sp³-hybridized carbons (Fsp3) is 0.562. The SMILES string of the molecule is Cc1ccccc1C1(C(=O)O)CCC2(CC1)OCCO2. The van der Waals surface area contributed by atoms with Crippen molar-refractivity contribution in [2.24, 2.45) is 0 Å². The number of carboxylic acid groups (broad SMARTS) is 1. The van der Waals surface area contributed by atoms with Crippen LogP contribution >= 0.6 is 0 Å². The van der Waals surface area contributed by atoms with Gasteiger partial charge in [0.05, 0.1) is 18.6 Å². The summed E-state index contributed by atoms with van der Waals surface area (Å²) in [6.07, 6.45) is 2.42. The molecule has 0 amide bonds. The molecule has 1 aliphatic heterocycles. The largest absolute Gasteiger partial charge is 0.481 e. The summed E-state index contributed by atoms with van der Waals surface area (Å²) < 4.78 is 11.4. The van der Waals surface area contributed by atoms with Crippen LogP contribution in [0.1, 0.15) is 36.8 Å². The first kappa shape index (κ1) is 13.6. The zero-order valence-electron chi connectivity index (χ0n) is 11.7. The van der Waals surface area contributed by atoms with Gasteiger partial charge in [0.25, 0.3) is 0 Å². The van der Waals surface area contributed by atoms with E-state index >= 15 is 0 Å². The minimum absolute atomic E-state index is 0.526. The van der Waals surface area contributed by atoms with Crippen LogP contribution in [0.5, 0.6) is 0 Å². The highest BCUT2D eigenvalue weighted by atomic mass is 16.7. The van der Waals surface area contributed by atoms with Crippen LogP contribution < -0.4 is 0 Å². The van der Waals surface area contributed by atoms with E-state index in [1.807, 2.05) is 31.2 Å². The Morgan fingerprint density at radius 3 is 2.25 bits per heavy atom. The molecule has 1 aliphatic carbocycles. The van der Waals surface area contributed by atoms with E-state index in [0.717, 1.165) is 11.1 Å². The summed E-state index contributed by atoms with van der Waals surface area (Å²) >= 11 is 0. The number of rotatable bonds is 2. The normalized spacial score (nSPS) is 23.9. The molecule has 0 unspecified atom stereocenters. The van der Waals surface area contributed by atoms with E-state index in [2.05, 4.69) is 0 Å². The van der Waals surface area contributed by atoms with E-state index in [4.69, 9.17) is 9.47 Å². The Hall–Kier alpha value is -1.39. The Kier molecular flexibility index (Phi) is 3.30. The van der Waals surface area contributed by atoms with Crippen molar-refractivity contribution in [1.82, 2.24) is 0 Å². The summed E-state index contributed by atoms with van der Waals surface area (Å²) in [5, 5.41) is 9.82. The van der Waals surface area contributed by atoms with Crippen LogP contribution in [0.4, 0.5) is 0 Å². The van der Waals surface area contributed by atoms with E-state index in [1.54, 1.807) is 0 Å². The topological polar surface area (TPSA) is 55.8 Å². The Labute approximate surface area is 118 Å². The minimum Gasteiger partial charge on any atom is -0.481 e. The van der Waals surface area contributed by atoms with Gasteiger partial charge in [0.15, 0.2) is 5.79 Å². The van der Waals surface area contributed by atoms with Crippen molar-refractivity contribution >= 4 is 5.97 Å². The Bertz CT molecular complexity index is 507. The van der Waals surface area contributed by atoms with Crippen LogP contribution in [0.25, 0.3) is 0 Å². The van der Waals surface area contributed by atoms with Crippen LogP contribution in [-0.4, -0.2) is 30.1 Å². The lowest BCUT2D eigenvalue weighted by Gasteiger charge is -2.41. The number of ether oxygens (including phenoxy) is 2. The first-order valence-corrected chi connectivity index (χ1v) is 7.15. The molecule has 4 heteroatoms. The second kappa shape index (κ2) is 4.86. The van der Waals surface area contributed by atoms with Gasteiger partial charge in [-0.25, -0.2) is 0 Å². The molecule has 20 heavy (non-hydrogen) atoms. The van der Waals surface area contributed by atoms with Gasteiger partial charge in [-0.15, -0.1) is 0 Å². The Balaban J connectivity index is 1.92. The van der Waals surface area contributed by atoms with Crippen molar-refractivity contribution in [3.8, 4) is 0 Å². The molecule has 3 rings (SSSR count). The standard InChI is InChI=1S/C16H20O4/c1-12-4-2-3-5-13(12)15(14(17)18)6-8-16(9-7-15)19-10-11-20-16/h2-5H,6-11H2,1H3,(H,17,18). The zero-order chi connectivity index (χ0) is 14.2. The van der Waals surface area contributed by atoms with Crippen LogP contribution in [0.2, 0.25) is 0 Å². The molecule has 0 aromatic heterocycles. The highest BCUT2D eigenvalue weighted by Gasteiger charge is 2.51. The van der Waals surface area contributed by atoms with E-state index in [-0.39, 0.29) is 0 Å². The predicted octanol–water partition coefficient (Wildman–Crippen LogP) is 2.63. The molecule has 1 saturated carbocycles. The number of benzene rings is 1. The molecule has 0 bridgehead atoms. The van der Waals surface area contributed by atoms with Gasteiger partial charge in [-0.2, -0.15) is 0 Å². The maximum absolute atomic E-state index is 12.0. The molecule has 1 saturated heterocycles. The second-order valence-corrected chi connectivity index (χ2v) is 5.81. The monoisotopic (exact) mass is 276 g/mol. The lowest BCUT2D eigenvalue weighted by molar-refractivity contribution is -0.189. The number of aryl methyl sites for hydroxylation is 1. The summed E-state index contributed by atoms with van der Waals surface area (Å²) in [5.74, 6) is -1.26. The molecule has 1 heterocycles. The number of hydrogen-bond acceptors (Lipinski definition) is 3. The molecule has 1 aromatic carbocycles. The fourth-order valence-electron chi connectivity index (χ4n) is 3.55. The van der Waals surface area contributed by atoms with E-state index < -0.39 is 17.2 Å². The Morgan fingerprint density at radius 1 is 1.10 bits per heavy atom. The van der Waals surface area contributed by atoms with Crippen LogP contribution in [0, 0.1) is 6.92 Å². The van der Waals surface area contributed by atoms with Crippen LogP contribution in [-0.2, 0) is 19.7 Å². The highest BCUT2D eigenvalue weighted by Crippen LogP contribution is 2.47. The zero-order valence-corrected chi connectivity index (χ0v) is 11.7. The third-order valence-electron chi connectivity index (χ3n) is 4.75. The molecular weight excluding hydrogens is 256 g/mol. The van der Waals surface area contributed by atoms with E-state index in [1.165, 1.54) is 0 Å². The lowest BCUT2D eigenvalue weighted by Crippen LogP contribution is -2.46. The third-order valence-corrected chi connectivity index (χ3v) is 4.75. The van der Waals surface area contributed by atoms with Gasteiger partial charge in [-0.1, -0.05) is 24.3 Å². The maximum atomic E-state index is 12.0. The second-order valence-electron chi connectivity index (χ2n) is 5.81. The molecule has 0 radical (unpaired) electrons. The first-order chi connectivity index (χ1) is 9.58. The maximum Gasteiger partial charge on any atom is 0.314 e. The average molecular weight is 276 g/mol. The average Bonchev–Trinajstić information content (AvgIpc) is 2.89. The number of carboxylic acids is 1. The van der Waals surface area contributed by atoms with E-state index in [0.29, 0.717) is 38.9 Å². The number of hydrogen-bond donors (Lipinski definition) is 1. The molecule has 2 fully saturated rings. The molecule has 1 aromatic rings. The fourth-order valence-corrected chi connectivity index (χ4v) is 3.55. The van der Waals surface area contributed by atoms with E-state index in [9.17, 15) is 9.90 Å². The summed E-state index contributed by atoms with van der Waals surface area (Å²) in [4.78, 5) is 12.0. The summed E-state index contributed by atoms with van der Waals surface area (Å²) in [5.41, 5.74) is 1.17. The number of aliphatic carboxylic acids is 1. The predicted molar refractivity (Wildman–Crippen MR) is 73.6 cm³/mol. The van der Waals surface area contributed by atoms with Crippen LogP contribution in [0.3, 0.4) is 0 Å². The molecule has 0 atom stereocenters. The van der Waals surface area contributed by atoms with Crippen molar-refractivity contribution in [2.75, 3.05) is 13.2 Å². The van der Waals surface area contributed by atoms with Crippen molar-refractivity contribution in [3.63, 3.8) is 0 Å². The van der Waals surface area contributed by atoms with Gasteiger partial charge < -0.3 is 14.6 Å². The van der Waals surface area contributed by atoms with Crippen molar-refractivity contribution < 1.29 is 19.4 Å². The lowest BCUT2D eigenvalue weighted by atomic mass is 9.66.